The second-order valence-electron chi connectivity index (χ2n) is 9.21. The standard InChI is InChI=1S/C29H26N2O2/c1-19-27-25(22-17-11-12-18-23(22)31(27)28(32)33-29(2,3)4)24(20-13-7-5-8-14-20)26(30-19)21-15-9-6-10-16-21/h5-18H,1-4H3. The van der Waals surface area contributed by atoms with E-state index in [-0.39, 0.29) is 0 Å². The average Bonchev–Trinajstić information content (AvgIpc) is 3.15. The van der Waals surface area contributed by atoms with Gasteiger partial charge in [0.05, 0.1) is 22.4 Å². The van der Waals surface area contributed by atoms with E-state index in [0.29, 0.717) is 0 Å². The molecule has 0 atom stereocenters. The largest absolute Gasteiger partial charge is 0.443 e. The summed E-state index contributed by atoms with van der Waals surface area (Å²) in [7, 11) is 0. The molecule has 0 saturated carbocycles. The number of nitrogens with zero attached hydrogens (tertiary/aromatic N) is 2. The Balaban J connectivity index is 1.96. The van der Waals surface area contributed by atoms with Gasteiger partial charge in [-0.25, -0.2) is 9.36 Å². The molecule has 3 aromatic carbocycles. The predicted octanol–water partition coefficient (Wildman–Crippen LogP) is 7.62. The molecule has 5 aromatic rings. The first-order chi connectivity index (χ1) is 15.8. The van der Waals surface area contributed by atoms with E-state index in [1.165, 1.54) is 0 Å². The van der Waals surface area contributed by atoms with Crippen molar-refractivity contribution in [2.24, 2.45) is 0 Å². The Morgan fingerprint density at radius 3 is 2.03 bits per heavy atom. The van der Waals surface area contributed by atoms with E-state index < -0.39 is 11.7 Å². The summed E-state index contributed by atoms with van der Waals surface area (Å²) >= 11 is 0. The number of hydrogen-bond donors (Lipinski definition) is 0. The Labute approximate surface area is 193 Å². The average molecular weight is 435 g/mol. The summed E-state index contributed by atoms with van der Waals surface area (Å²) in [5.41, 5.74) is 5.78. The van der Waals surface area contributed by atoms with Gasteiger partial charge in [0, 0.05) is 21.9 Å². The molecule has 0 aliphatic heterocycles. The van der Waals surface area contributed by atoms with Crippen LogP contribution in [0.5, 0.6) is 0 Å². The zero-order chi connectivity index (χ0) is 23.2. The quantitative estimate of drug-likeness (QED) is 0.287. The van der Waals surface area contributed by atoms with Crippen LogP contribution in [0, 0.1) is 6.92 Å². The molecule has 0 unspecified atom stereocenters. The lowest BCUT2D eigenvalue weighted by Gasteiger charge is -2.21. The first kappa shape index (κ1) is 21.0. The molecular weight excluding hydrogens is 408 g/mol. The number of ether oxygens (including phenoxy) is 1. The number of carbonyl (C=O) groups is 1. The van der Waals surface area contributed by atoms with Crippen LogP contribution in [-0.2, 0) is 4.74 Å². The smallest absolute Gasteiger partial charge is 0.419 e. The Bertz CT molecular complexity index is 1480. The second-order valence-corrected chi connectivity index (χ2v) is 9.21. The van der Waals surface area contributed by atoms with Gasteiger partial charge in [-0.1, -0.05) is 78.9 Å². The van der Waals surface area contributed by atoms with Crippen LogP contribution in [0.25, 0.3) is 44.2 Å². The van der Waals surface area contributed by atoms with Gasteiger partial charge in [-0.2, -0.15) is 0 Å². The van der Waals surface area contributed by atoms with E-state index in [9.17, 15) is 4.79 Å². The minimum Gasteiger partial charge on any atom is -0.443 e. The van der Waals surface area contributed by atoms with Crippen LogP contribution in [0.1, 0.15) is 26.5 Å². The summed E-state index contributed by atoms with van der Waals surface area (Å²) in [5, 5.41) is 2.01. The number of pyridine rings is 1. The summed E-state index contributed by atoms with van der Waals surface area (Å²) in [5.74, 6) is 0. The van der Waals surface area contributed by atoms with Crippen LogP contribution >= 0.6 is 0 Å². The zero-order valence-electron chi connectivity index (χ0n) is 19.3. The molecule has 0 bridgehead atoms. The minimum atomic E-state index is -0.609. The number of benzene rings is 3. The van der Waals surface area contributed by atoms with Gasteiger partial charge in [-0.15, -0.1) is 0 Å². The first-order valence-corrected chi connectivity index (χ1v) is 11.1. The summed E-state index contributed by atoms with van der Waals surface area (Å²) in [4.78, 5) is 18.5. The maximum atomic E-state index is 13.4. The molecule has 4 nitrogen and oxygen atoms in total. The van der Waals surface area contributed by atoms with E-state index in [2.05, 4.69) is 30.3 Å². The molecule has 0 radical (unpaired) electrons. The molecule has 0 aliphatic carbocycles. The molecule has 0 aliphatic rings. The predicted molar refractivity (Wildman–Crippen MR) is 134 cm³/mol. The molecule has 0 N–H and O–H groups in total. The highest BCUT2D eigenvalue weighted by Crippen LogP contribution is 2.42. The normalized spacial score (nSPS) is 11.8. The van der Waals surface area contributed by atoms with Crippen molar-refractivity contribution in [1.82, 2.24) is 9.55 Å². The molecule has 2 aromatic heterocycles. The monoisotopic (exact) mass is 434 g/mol. The maximum absolute atomic E-state index is 13.4. The minimum absolute atomic E-state index is 0.398. The number of fused-ring (bicyclic) bond motifs is 3. The van der Waals surface area contributed by atoms with Crippen molar-refractivity contribution in [3.63, 3.8) is 0 Å². The third-order valence-electron chi connectivity index (χ3n) is 5.67. The third kappa shape index (κ3) is 3.68. The molecule has 0 fully saturated rings. The lowest BCUT2D eigenvalue weighted by Crippen LogP contribution is -2.27. The first-order valence-electron chi connectivity index (χ1n) is 11.1. The highest BCUT2D eigenvalue weighted by Gasteiger charge is 2.27. The van der Waals surface area contributed by atoms with Crippen molar-refractivity contribution in [2.45, 2.75) is 33.3 Å². The van der Waals surface area contributed by atoms with Gasteiger partial charge in [0.2, 0.25) is 0 Å². The van der Waals surface area contributed by atoms with Crippen LogP contribution in [0.15, 0.2) is 84.9 Å². The van der Waals surface area contributed by atoms with Gasteiger partial charge in [0.15, 0.2) is 0 Å². The fourth-order valence-electron chi connectivity index (χ4n) is 4.42. The zero-order valence-corrected chi connectivity index (χ0v) is 19.3. The Morgan fingerprint density at radius 1 is 0.818 bits per heavy atom. The van der Waals surface area contributed by atoms with Crippen LogP contribution in [0.3, 0.4) is 0 Å². The van der Waals surface area contributed by atoms with Crippen molar-refractivity contribution in [3.8, 4) is 22.4 Å². The molecule has 0 saturated heterocycles. The van der Waals surface area contributed by atoms with E-state index in [4.69, 9.17) is 9.72 Å². The van der Waals surface area contributed by atoms with Crippen LogP contribution in [0.2, 0.25) is 0 Å². The number of aryl methyl sites for hydroxylation is 1. The van der Waals surface area contributed by atoms with Crippen molar-refractivity contribution in [2.75, 3.05) is 0 Å². The Hall–Kier alpha value is -3.92. The van der Waals surface area contributed by atoms with Crippen molar-refractivity contribution in [3.05, 3.63) is 90.6 Å². The van der Waals surface area contributed by atoms with E-state index in [0.717, 1.165) is 49.9 Å². The maximum Gasteiger partial charge on any atom is 0.419 e. The summed E-state index contributed by atoms with van der Waals surface area (Å²) in [6.45, 7) is 7.61. The van der Waals surface area contributed by atoms with E-state index >= 15 is 0 Å². The van der Waals surface area contributed by atoms with Gasteiger partial charge in [-0.05, 0) is 39.3 Å². The summed E-state index contributed by atoms with van der Waals surface area (Å²) in [6.07, 6.45) is -0.398. The summed E-state index contributed by atoms with van der Waals surface area (Å²) < 4.78 is 7.49. The van der Waals surface area contributed by atoms with Crippen LogP contribution in [-0.4, -0.2) is 21.2 Å². The van der Waals surface area contributed by atoms with Crippen molar-refractivity contribution < 1.29 is 9.53 Å². The summed E-state index contributed by atoms with van der Waals surface area (Å²) in [6, 6.07) is 28.5. The van der Waals surface area contributed by atoms with Crippen LogP contribution < -0.4 is 0 Å². The van der Waals surface area contributed by atoms with E-state index in [1.807, 2.05) is 82.3 Å². The molecule has 4 heteroatoms. The lowest BCUT2D eigenvalue weighted by molar-refractivity contribution is 0.0551. The third-order valence-corrected chi connectivity index (χ3v) is 5.67. The lowest BCUT2D eigenvalue weighted by atomic mass is 9.94. The second kappa shape index (κ2) is 7.89. The highest BCUT2D eigenvalue weighted by atomic mass is 16.6. The fourth-order valence-corrected chi connectivity index (χ4v) is 4.42. The SMILES string of the molecule is Cc1nc(-c2ccccc2)c(-c2ccccc2)c2c3ccccc3n(C(=O)OC(C)(C)C)c12. The molecule has 33 heavy (non-hydrogen) atoms. The van der Waals surface area contributed by atoms with Gasteiger partial charge >= 0.3 is 6.09 Å². The molecule has 0 spiro atoms. The van der Waals surface area contributed by atoms with Crippen LogP contribution in [0.4, 0.5) is 4.79 Å². The van der Waals surface area contributed by atoms with Gasteiger partial charge < -0.3 is 4.74 Å². The Morgan fingerprint density at radius 2 is 1.39 bits per heavy atom. The van der Waals surface area contributed by atoms with Gasteiger partial charge in [0.25, 0.3) is 0 Å². The molecule has 5 rings (SSSR count). The number of rotatable bonds is 2. The number of para-hydroxylation sites is 1. The highest BCUT2D eigenvalue weighted by molar-refractivity contribution is 6.20. The number of aromatic nitrogens is 2. The molecule has 164 valence electrons. The fraction of sp³-hybridized carbons (Fsp3) is 0.172. The Kier molecular flexibility index (Phi) is 5.01. The van der Waals surface area contributed by atoms with Crippen molar-refractivity contribution in [1.29, 1.82) is 0 Å². The topological polar surface area (TPSA) is 44.1 Å². The molecule has 2 heterocycles. The molecular formula is C29H26N2O2. The molecule has 0 amide bonds. The van der Waals surface area contributed by atoms with Crippen molar-refractivity contribution >= 4 is 27.9 Å². The van der Waals surface area contributed by atoms with E-state index in [1.54, 1.807) is 4.57 Å². The van der Waals surface area contributed by atoms with Gasteiger partial charge in [0.1, 0.15) is 5.60 Å². The number of carbonyl (C=O) groups excluding carboxylic acids is 1. The number of hydrogen-bond acceptors (Lipinski definition) is 3. The van der Waals surface area contributed by atoms with Gasteiger partial charge in [-0.3, -0.25) is 4.98 Å².